The third-order valence-electron chi connectivity index (χ3n) is 7.96. The Bertz CT molecular complexity index is 1280. The maximum Gasteiger partial charge on any atom is 0.243 e. The molecule has 5 rings (SSSR count). The molecule has 2 aromatic rings. The average Bonchev–Trinajstić information content (AvgIpc) is 3.55. The van der Waals surface area contributed by atoms with Crippen LogP contribution in [0.4, 0.5) is 8.78 Å². The minimum Gasteiger partial charge on any atom is -0.336 e. The van der Waals surface area contributed by atoms with Gasteiger partial charge in [0.25, 0.3) is 0 Å². The molecule has 2 saturated carbocycles. The SMILES string of the molecule is N#CC1(C(=O)N2CC3(CC3)[C@H](NS(=O)(=O)CF)[C@@H]2Cc2cccc(-c3ccccc3)c2F)CCC1. The van der Waals surface area contributed by atoms with Crippen LogP contribution in [0.25, 0.3) is 11.1 Å². The Kier molecular flexibility index (Phi) is 5.93. The number of hydrogen-bond donors (Lipinski definition) is 1. The summed E-state index contributed by atoms with van der Waals surface area (Å²) in [5.41, 5.74) is -0.176. The Labute approximate surface area is 204 Å². The topological polar surface area (TPSA) is 90.3 Å². The standard InChI is InChI=1S/C26H27F2N3O3S/c27-17-35(33,34)30-23-21(14-19-8-4-9-20(22(19)28)18-6-2-1-3-7-18)31(16-26(23)12-13-26)24(32)25(15-29)10-5-11-25/h1-4,6-9,21,23,30H,5,10-14,16-17H2/t21-,23+/m0/s1. The molecule has 2 atom stereocenters. The summed E-state index contributed by atoms with van der Waals surface area (Å²) in [5, 5.41) is 9.77. The summed E-state index contributed by atoms with van der Waals surface area (Å²) in [7, 11) is -4.22. The number of benzene rings is 2. The Morgan fingerprint density at radius 2 is 1.83 bits per heavy atom. The largest absolute Gasteiger partial charge is 0.336 e. The molecule has 1 N–H and O–H groups in total. The van der Waals surface area contributed by atoms with Crippen molar-refractivity contribution in [2.45, 2.75) is 50.6 Å². The lowest BCUT2D eigenvalue weighted by molar-refractivity contribution is -0.144. The van der Waals surface area contributed by atoms with Gasteiger partial charge in [0.15, 0.2) is 0 Å². The molecule has 1 spiro atoms. The number of nitrogens with zero attached hydrogens (tertiary/aromatic N) is 2. The van der Waals surface area contributed by atoms with Crippen molar-refractivity contribution in [1.82, 2.24) is 9.62 Å². The van der Waals surface area contributed by atoms with Gasteiger partial charge in [0.1, 0.15) is 11.2 Å². The van der Waals surface area contributed by atoms with Crippen molar-refractivity contribution in [3.05, 3.63) is 59.9 Å². The van der Waals surface area contributed by atoms with Gasteiger partial charge in [0, 0.05) is 23.6 Å². The van der Waals surface area contributed by atoms with Gasteiger partial charge in [-0.3, -0.25) is 4.79 Å². The number of nitrogens with one attached hydrogen (secondary N) is 1. The minimum atomic E-state index is -4.22. The van der Waals surface area contributed by atoms with Gasteiger partial charge in [-0.1, -0.05) is 48.5 Å². The Morgan fingerprint density at radius 1 is 1.11 bits per heavy atom. The van der Waals surface area contributed by atoms with E-state index >= 15 is 4.39 Å². The van der Waals surface area contributed by atoms with Crippen molar-refractivity contribution in [1.29, 1.82) is 5.26 Å². The molecular formula is C26H27F2N3O3S. The number of hydrogen-bond acceptors (Lipinski definition) is 4. The van der Waals surface area contributed by atoms with Gasteiger partial charge in [-0.05, 0) is 49.7 Å². The summed E-state index contributed by atoms with van der Waals surface area (Å²) in [6.07, 6.45) is 3.10. The molecule has 35 heavy (non-hydrogen) atoms. The quantitative estimate of drug-likeness (QED) is 0.625. The second-order valence-electron chi connectivity index (χ2n) is 10.1. The number of nitriles is 1. The van der Waals surface area contributed by atoms with Crippen molar-refractivity contribution in [3.8, 4) is 17.2 Å². The molecular weight excluding hydrogens is 472 g/mol. The number of alkyl halides is 1. The van der Waals surface area contributed by atoms with E-state index in [1.54, 1.807) is 35.2 Å². The van der Waals surface area contributed by atoms with Crippen LogP contribution in [0.1, 0.15) is 37.7 Å². The Balaban J connectivity index is 1.54. The van der Waals surface area contributed by atoms with Crippen LogP contribution in [0.5, 0.6) is 0 Å². The zero-order valence-corrected chi connectivity index (χ0v) is 20.0. The zero-order valence-electron chi connectivity index (χ0n) is 19.2. The Hall–Kier alpha value is -2.83. The van der Waals surface area contributed by atoms with E-state index in [-0.39, 0.29) is 18.9 Å². The van der Waals surface area contributed by atoms with Gasteiger partial charge in [0.05, 0.1) is 12.1 Å². The second kappa shape index (κ2) is 8.68. The first kappa shape index (κ1) is 23.9. The number of halogens is 2. The Morgan fingerprint density at radius 3 is 2.40 bits per heavy atom. The molecule has 184 valence electrons. The first-order valence-electron chi connectivity index (χ1n) is 11.9. The molecule has 1 aliphatic heterocycles. The van der Waals surface area contributed by atoms with Crippen molar-refractivity contribution >= 4 is 15.9 Å². The predicted molar refractivity (Wildman–Crippen MR) is 126 cm³/mol. The average molecular weight is 500 g/mol. The lowest BCUT2D eigenvalue weighted by Crippen LogP contribution is -2.54. The highest BCUT2D eigenvalue weighted by Crippen LogP contribution is 2.57. The monoisotopic (exact) mass is 499 g/mol. The second-order valence-corrected chi connectivity index (χ2v) is 11.8. The van der Waals surface area contributed by atoms with Crippen molar-refractivity contribution < 1.29 is 22.0 Å². The third kappa shape index (κ3) is 4.13. The van der Waals surface area contributed by atoms with Gasteiger partial charge >= 0.3 is 0 Å². The number of amides is 1. The fourth-order valence-electron chi connectivity index (χ4n) is 5.63. The van der Waals surface area contributed by atoms with Crippen LogP contribution in [0.3, 0.4) is 0 Å². The van der Waals surface area contributed by atoms with E-state index in [2.05, 4.69) is 10.8 Å². The molecule has 3 aliphatic rings. The lowest BCUT2D eigenvalue weighted by Gasteiger charge is -2.39. The molecule has 1 amide bonds. The normalized spacial score (nSPS) is 24.1. The summed E-state index contributed by atoms with van der Waals surface area (Å²) in [4.78, 5) is 15.2. The summed E-state index contributed by atoms with van der Waals surface area (Å²) >= 11 is 0. The fraction of sp³-hybridized carbons (Fsp3) is 0.462. The third-order valence-corrected chi connectivity index (χ3v) is 8.86. The predicted octanol–water partition coefficient (Wildman–Crippen LogP) is 3.94. The van der Waals surface area contributed by atoms with E-state index in [9.17, 15) is 22.9 Å². The van der Waals surface area contributed by atoms with Crippen molar-refractivity contribution in [3.63, 3.8) is 0 Å². The highest BCUT2D eigenvalue weighted by atomic mass is 32.2. The first-order chi connectivity index (χ1) is 16.7. The highest BCUT2D eigenvalue weighted by molar-refractivity contribution is 7.89. The number of carbonyl (C=O) groups excluding carboxylic acids is 1. The fourth-order valence-corrected chi connectivity index (χ4v) is 6.49. The van der Waals surface area contributed by atoms with Gasteiger partial charge in [-0.15, -0.1) is 0 Å². The van der Waals surface area contributed by atoms with Crippen LogP contribution in [-0.4, -0.2) is 43.9 Å². The molecule has 0 aromatic heterocycles. The summed E-state index contributed by atoms with van der Waals surface area (Å²) < 4.78 is 56.0. The summed E-state index contributed by atoms with van der Waals surface area (Å²) in [5.74, 6) is -0.766. The summed E-state index contributed by atoms with van der Waals surface area (Å²) in [6.45, 7) is 0.277. The molecule has 3 fully saturated rings. The maximum absolute atomic E-state index is 15.7. The first-order valence-corrected chi connectivity index (χ1v) is 13.5. The molecule has 0 bridgehead atoms. The van der Waals surface area contributed by atoms with Gasteiger partial charge in [-0.2, -0.15) is 5.26 Å². The highest BCUT2D eigenvalue weighted by Gasteiger charge is 2.63. The molecule has 9 heteroatoms. The number of sulfonamides is 1. The van der Waals surface area contributed by atoms with E-state index in [1.165, 1.54) is 0 Å². The van der Waals surface area contributed by atoms with Crippen LogP contribution in [-0.2, 0) is 21.2 Å². The van der Waals surface area contributed by atoms with E-state index in [1.807, 2.05) is 18.2 Å². The number of likely N-dealkylation sites (tertiary alicyclic amines) is 1. The van der Waals surface area contributed by atoms with Gasteiger partial charge in [0.2, 0.25) is 21.9 Å². The van der Waals surface area contributed by atoms with Crippen molar-refractivity contribution in [2.24, 2.45) is 10.8 Å². The van der Waals surface area contributed by atoms with E-state index in [0.29, 0.717) is 42.4 Å². The van der Waals surface area contributed by atoms with Crippen LogP contribution in [0.15, 0.2) is 48.5 Å². The molecule has 0 unspecified atom stereocenters. The van der Waals surface area contributed by atoms with Crippen LogP contribution in [0.2, 0.25) is 0 Å². The van der Waals surface area contributed by atoms with E-state index in [4.69, 9.17) is 0 Å². The van der Waals surface area contributed by atoms with Crippen molar-refractivity contribution in [2.75, 3.05) is 12.6 Å². The van der Waals surface area contributed by atoms with Crippen LogP contribution < -0.4 is 4.72 Å². The maximum atomic E-state index is 15.7. The molecule has 0 radical (unpaired) electrons. The molecule has 6 nitrogen and oxygen atoms in total. The number of carbonyl (C=O) groups is 1. The molecule has 2 aliphatic carbocycles. The summed E-state index contributed by atoms with van der Waals surface area (Å²) in [6, 6.07) is 13.3. The molecule has 1 heterocycles. The van der Waals surface area contributed by atoms with E-state index in [0.717, 1.165) is 6.42 Å². The minimum absolute atomic E-state index is 0.0565. The van der Waals surface area contributed by atoms with Gasteiger partial charge in [-0.25, -0.2) is 21.9 Å². The van der Waals surface area contributed by atoms with Crippen LogP contribution in [0, 0.1) is 28.0 Å². The van der Waals surface area contributed by atoms with E-state index < -0.39 is 44.8 Å². The van der Waals surface area contributed by atoms with Crippen LogP contribution >= 0.6 is 0 Å². The zero-order chi connectivity index (χ0) is 24.8. The number of rotatable bonds is 7. The smallest absolute Gasteiger partial charge is 0.243 e. The molecule has 2 aromatic carbocycles. The van der Waals surface area contributed by atoms with Gasteiger partial charge < -0.3 is 4.90 Å². The lowest BCUT2D eigenvalue weighted by atomic mass is 9.69. The molecule has 1 saturated heterocycles.